The van der Waals surface area contributed by atoms with Gasteiger partial charge in [0.05, 0.1) is 11.3 Å². The third-order valence-corrected chi connectivity index (χ3v) is 6.53. The summed E-state index contributed by atoms with van der Waals surface area (Å²) in [4.78, 5) is 13.1. The Bertz CT molecular complexity index is 1330. The molecule has 2 aromatic heterocycles. The van der Waals surface area contributed by atoms with E-state index in [0.29, 0.717) is 34.3 Å². The van der Waals surface area contributed by atoms with Crippen LogP contribution in [-0.4, -0.2) is 30.9 Å². The van der Waals surface area contributed by atoms with Gasteiger partial charge in [0.2, 0.25) is 0 Å². The maximum Gasteiger partial charge on any atom is 0.416 e. The molecule has 0 amide bonds. The van der Waals surface area contributed by atoms with Crippen molar-refractivity contribution >= 4 is 17.5 Å². The fraction of sp³-hybridized carbons (Fsp3) is 0.240. The number of nitrogens with zero attached hydrogens (tertiary/aromatic N) is 4. The smallest absolute Gasteiger partial charge is 0.318 e. The minimum Gasteiger partial charge on any atom is -0.318 e. The van der Waals surface area contributed by atoms with Gasteiger partial charge in [-0.25, -0.2) is 0 Å². The van der Waals surface area contributed by atoms with E-state index in [-0.39, 0.29) is 11.5 Å². The Kier molecular flexibility index (Phi) is 6.65. The maximum atomic E-state index is 13.2. The summed E-state index contributed by atoms with van der Waals surface area (Å²) in [5, 5.41) is 9.20. The molecule has 4 rings (SSSR count). The molecule has 2 heterocycles. The van der Waals surface area contributed by atoms with Crippen molar-refractivity contribution in [2.45, 2.75) is 38.6 Å². The van der Waals surface area contributed by atoms with E-state index in [9.17, 15) is 18.0 Å². The molecule has 2 aromatic carbocycles. The van der Waals surface area contributed by atoms with Gasteiger partial charge in [-0.3, -0.25) is 4.79 Å². The van der Waals surface area contributed by atoms with Crippen molar-refractivity contribution in [1.29, 1.82) is 0 Å². The summed E-state index contributed by atoms with van der Waals surface area (Å²) in [6.07, 6.45) is -4.44. The van der Waals surface area contributed by atoms with Crippen molar-refractivity contribution in [3.8, 4) is 17.1 Å². The fourth-order valence-electron chi connectivity index (χ4n) is 3.95. The van der Waals surface area contributed by atoms with Gasteiger partial charge in [-0.2, -0.15) is 13.2 Å². The van der Waals surface area contributed by atoms with Gasteiger partial charge in [0, 0.05) is 34.7 Å². The molecule has 0 spiro atoms. The average molecular weight is 485 g/mol. The largest absolute Gasteiger partial charge is 0.416 e. The van der Waals surface area contributed by atoms with Gasteiger partial charge in [-0.15, -0.1) is 10.2 Å². The van der Waals surface area contributed by atoms with Crippen LogP contribution in [0.15, 0.2) is 65.8 Å². The van der Waals surface area contributed by atoms with Crippen molar-refractivity contribution in [3.63, 3.8) is 0 Å². The van der Waals surface area contributed by atoms with E-state index in [1.54, 1.807) is 30.5 Å². The highest BCUT2D eigenvalue weighted by atomic mass is 32.2. The molecule has 5 nitrogen and oxygen atoms in total. The summed E-state index contributed by atoms with van der Waals surface area (Å²) >= 11 is 1.30. The Morgan fingerprint density at radius 3 is 2.41 bits per heavy atom. The molecule has 0 unspecified atom stereocenters. The van der Waals surface area contributed by atoms with Crippen LogP contribution < -0.4 is 0 Å². The van der Waals surface area contributed by atoms with E-state index < -0.39 is 11.7 Å². The highest BCUT2D eigenvalue weighted by Gasteiger charge is 2.31. The van der Waals surface area contributed by atoms with E-state index in [0.717, 1.165) is 23.5 Å². The van der Waals surface area contributed by atoms with Crippen molar-refractivity contribution < 1.29 is 18.0 Å². The second-order valence-electron chi connectivity index (χ2n) is 7.80. The van der Waals surface area contributed by atoms with E-state index in [1.165, 1.54) is 17.8 Å². The monoisotopic (exact) mass is 484 g/mol. The maximum absolute atomic E-state index is 13.2. The van der Waals surface area contributed by atoms with Gasteiger partial charge in [0.1, 0.15) is 0 Å². The Hall–Kier alpha value is -3.33. The zero-order valence-electron chi connectivity index (χ0n) is 18.9. The molecule has 0 atom stereocenters. The first-order chi connectivity index (χ1) is 16.2. The molecular formula is C25H23F3N4OS. The van der Waals surface area contributed by atoms with Crippen molar-refractivity contribution in [2.75, 3.05) is 5.75 Å². The summed E-state index contributed by atoms with van der Waals surface area (Å²) in [6, 6.07) is 16.5. The van der Waals surface area contributed by atoms with Crippen LogP contribution in [0.25, 0.3) is 17.1 Å². The van der Waals surface area contributed by atoms with Crippen LogP contribution in [0.3, 0.4) is 0 Å². The molecular weight excluding hydrogens is 461 g/mol. The molecule has 0 fully saturated rings. The quantitative estimate of drug-likeness (QED) is 0.226. The van der Waals surface area contributed by atoms with Crippen LogP contribution >= 0.6 is 11.8 Å². The lowest BCUT2D eigenvalue weighted by molar-refractivity contribution is -0.137. The lowest BCUT2D eigenvalue weighted by Gasteiger charge is -2.13. The Labute approximate surface area is 199 Å². The molecule has 0 aliphatic heterocycles. The summed E-state index contributed by atoms with van der Waals surface area (Å²) in [6.45, 7) is 6.16. The third-order valence-electron chi connectivity index (χ3n) is 5.56. The lowest BCUT2D eigenvalue weighted by atomic mass is 10.1. The van der Waals surface area contributed by atoms with Crippen LogP contribution in [0.2, 0.25) is 0 Å². The predicted molar refractivity (Wildman–Crippen MR) is 126 cm³/mol. The summed E-state index contributed by atoms with van der Waals surface area (Å²) in [5.74, 6) is 0.754. The number of aromatic nitrogens is 4. The Balaban J connectivity index is 1.56. The standard InChI is InChI=1S/C25H23F3N4OS/c1-4-31-23(18-9-6-5-7-10-18)29-30-24(31)34-15-22(33)21-13-16(2)32(17(21)3)20-12-8-11-19(14-20)25(26,27)28/h5-14H,4,15H2,1-3H3. The molecule has 34 heavy (non-hydrogen) atoms. The number of Topliss-reactive ketones (excluding diaryl/α,β-unsaturated/α-hetero) is 1. The first-order valence-electron chi connectivity index (χ1n) is 10.7. The van der Waals surface area contributed by atoms with Crippen LogP contribution in [0.1, 0.15) is 34.2 Å². The van der Waals surface area contributed by atoms with Crippen LogP contribution in [-0.2, 0) is 12.7 Å². The average Bonchev–Trinajstić information content (AvgIpc) is 3.37. The minimum absolute atomic E-state index is 0.122. The number of alkyl halides is 3. The zero-order valence-corrected chi connectivity index (χ0v) is 19.7. The van der Waals surface area contributed by atoms with Crippen LogP contribution in [0.4, 0.5) is 13.2 Å². The molecule has 0 bridgehead atoms. The Morgan fingerprint density at radius 1 is 1.00 bits per heavy atom. The number of benzene rings is 2. The first kappa shape index (κ1) is 23.8. The number of aryl methyl sites for hydroxylation is 1. The number of carbonyl (C=O) groups is 1. The number of ketones is 1. The van der Waals surface area contributed by atoms with Gasteiger partial charge in [0.25, 0.3) is 0 Å². The molecule has 0 radical (unpaired) electrons. The molecule has 0 aliphatic rings. The van der Waals surface area contributed by atoms with Crippen molar-refractivity contribution in [3.05, 3.63) is 83.2 Å². The lowest BCUT2D eigenvalue weighted by Crippen LogP contribution is -2.09. The highest BCUT2D eigenvalue weighted by Crippen LogP contribution is 2.32. The van der Waals surface area contributed by atoms with Gasteiger partial charge in [-0.05, 0) is 45.0 Å². The van der Waals surface area contributed by atoms with Crippen LogP contribution in [0, 0.1) is 13.8 Å². The Morgan fingerprint density at radius 2 is 1.74 bits per heavy atom. The molecule has 0 N–H and O–H groups in total. The van der Waals surface area contributed by atoms with E-state index >= 15 is 0 Å². The number of hydrogen-bond donors (Lipinski definition) is 0. The molecule has 0 saturated carbocycles. The van der Waals surface area contributed by atoms with Gasteiger partial charge in [-0.1, -0.05) is 48.2 Å². The summed E-state index contributed by atoms with van der Waals surface area (Å²) in [7, 11) is 0. The van der Waals surface area contributed by atoms with Crippen LogP contribution in [0.5, 0.6) is 0 Å². The number of rotatable bonds is 7. The topological polar surface area (TPSA) is 52.7 Å². The summed E-state index contributed by atoms with van der Waals surface area (Å²) < 4.78 is 43.2. The molecule has 0 saturated heterocycles. The normalized spacial score (nSPS) is 11.7. The minimum atomic E-state index is -4.44. The molecule has 9 heteroatoms. The van der Waals surface area contributed by atoms with E-state index in [1.807, 2.05) is 41.8 Å². The second-order valence-corrected chi connectivity index (χ2v) is 8.74. The first-order valence-corrected chi connectivity index (χ1v) is 11.7. The van der Waals surface area contributed by atoms with Gasteiger partial charge >= 0.3 is 6.18 Å². The van der Waals surface area contributed by atoms with Crippen molar-refractivity contribution in [1.82, 2.24) is 19.3 Å². The van der Waals surface area contributed by atoms with Gasteiger partial charge in [0.15, 0.2) is 16.8 Å². The molecule has 4 aromatic rings. The number of hydrogen-bond acceptors (Lipinski definition) is 4. The zero-order chi connectivity index (χ0) is 24.5. The predicted octanol–water partition coefficient (Wildman–Crippen LogP) is 6.37. The van der Waals surface area contributed by atoms with E-state index in [2.05, 4.69) is 10.2 Å². The number of carbonyl (C=O) groups excluding carboxylic acids is 1. The fourth-order valence-corrected chi connectivity index (χ4v) is 4.84. The third kappa shape index (κ3) is 4.65. The number of thioether (sulfide) groups is 1. The SMILES string of the molecule is CCn1c(SCC(=O)c2cc(C)n(-c3cccc(C(F)(F)F)c3)c2C)nnc1-c1ccccc1. The second kappa shape index (κ2) is 9.50. The number of halogens is 3. The molecule has 176 valence electrons. The molecule has 0 aliphatic carbocycles. The van der Waals surface area contributed by atoms with Crippen molar-refractivity contribution in [2.24, 2.45) is 0 Å². The highest BCUT2D eigenvalue weighted by molar-refractivity contribution is 7.99. The van der Waals surface area contributed by atoms with E-state index in [4.69, 9.17) is 0 Å². The summed E-state index contributed by atoms with van der Waals surface area (Å²) in [5.41, 5.74) is 2.36. The van der Waals surface area contributed by atoms with Gasteiger partial charge < -0.3 is 9.13 Å².